The number of hydrogen-bond donors (Lipinski definition) is 4. The van der Waals surface area contributed by atoms with Crippen LogP contribution in [0, 0.1) is 0 Å². The summed E-state index contributed by atoms with van der Waals surface area (Å²) in [5.41, 5.74) is 4.78. The monoisotopic (exact) mass is 167 g/mol. The van der Waals surface area contributed by atoms with E-state index < -0.39 is 0 Å². The van der Waals surface area contributed by atoms with Gasteiger partial charge < -0.3 is 25.8 Å². The minimum absolute atomic E-state index is 0.0278. The molecule has 11 heavy (non-hydrogen) atoms. The van der Waals surface area contributed by atoms with Gasteiger partial charge in [0.1, 0.15) is 0 Å². The highest BCUT2D eigenvalue weighted by atomic mass is 16.5. The van der Waals surface area contributed by atoms with E-state index in [1.54, 1.807) is 0 Å². The molecule has 0 saturated heterocycles. The molecule has 0 aliphatic rings. The minimum Gasteiger partial charge on any atom is -0.395 e. The van der Waals surface area contributed by atoms with Crippen LogP contribution in [0.1, 0.15) is 0 Å². The van der Waals surface area contributed by atoms with E-state index in [4.69, 9.17) is 21.1 Å². The van der Waals surface area contributed by atoms with E-state index in [-0.39, 0.29) is 19.8 Å². The normalized spacial score (nSPS) is 8.73. The van der Waals surface area contributed by atoms with Gasteiger partial charge in [-0.1, -0.05) is 0 Å². The maximum absolute atomic E-state index is 8.09. The van der Waals surface area contributed by atoms with Crippen LogP contribution in [-0.4, -0.2) is 54.9 Å². The Hall–Kier alpha value is -0.200. The second-order valence-electron chi connectivity index (χ2n) is 1.57. The summed E-state index contributed by atoms with van der Waals surface area (Å²) in [6.07, 6.45) is 0. The van der Waals surface area contributed by atoms with Gasteiger partial charge in [-0.2, -0.15) is 0 Å². The summed E-state index contributed by atoms with van der Waals surface area (Å²) in [5.74, 6) is 0. The van der Waals surface area contributed by atoms with Crippen molar-refractivity contribution in [2.45, 2.75) is 0 Å². The van der Waals surface area contributed by atoms with Gasteiger partial charge in [0.25, 0.3) is 0 Å². The zero-order valence-corrected chi connectivity index (χ0v) is 6.57. The summed E-state index contributed by atoms with van der Waals surface area (Å²) in [5, 5.41) is 23.9. The highest BCUT2D eigenvalue weighted by Crippen LogP contribution is 1.68. The maximum atomic E-state index is 8.09. The van der Waals surface area contributed by atoms with Crippen molar-refractivity contribution in [1.29, 1.82) is 0 Å². The molecule has 0 aromatic rings. The molecule has 5 N–H and O–H groups in total. The number of ether oxygens (including phenoxy) is 1. The largest absolute Gasteiger partial charge is 0.395 e. The molecule has 0 bridgehead atoms. The highest BCUT2D eigenvalue weighted by molar-refractivity contribution is 4.24. The summed E-state index contributed by atoms with van der Waals surface area (Å²) < 4.78 is 4.63. The van der Waals surface area contributed by atoms with Gasteiger partial charge in [-0.3, -0.25) is 0 Å². The Morgan fingerprint density at radius 2 is 1.27 bits per heavy atom. The van der Waals surface area contributed by atoms with Crippen molar-refractivity contribution in [3.8, 4) is 0 Å². The number of aliphatic hydroxyl groups excluding tert-OH is 3. The average molecular weight is 167 g/mol. The van der Waals surface area contributed by atoms with Gasteiger partial charge in [-0.25, -0.2) is 0 Å². The highest BCUT2D eigenvalue weighted by Gasteiger charge is 1.79. The van der Waals surface area contributed by atoms with Crippen LogP contribution < -0.4 is 5.73 Å². The first kappa shape index (κ1) is 13.4. The Morgan fingerprint density at radius 3 is 1.45 bits per heavy atom. The maximum Gasteiger partial charge on any atom is 0.0698 e. The van der Waals surface area contributed by atoms with Crippen molar-refractivity contribution in [2.24, 2.45) is 5.73 Å². The van der Waals surface area contributed by atoms with Crippen molar-refractivity contribution in [3.63, 3.8) is 0 Å². The van der Waals surface area contributed by atoms with Gasteiger partial charge in [0.15, 0.2) is 0 Å². The predicted molar refractivity (Wildman–Crippen MR) is 41.1 cm³/mol. The molecule has 0 aliphatic carbocycles. The Bertz CT molecular complexity index is 47.8. The molecule has 0 spiro atoms. The second kappa shape index (κ2) is 16.4. The van der Waals surface area contributed by atoms with Gasteiger partial charge in [-0.15, -0.1) is 0 Å². The molecule has 5 nitrogen and oxygen atoms in total. The van der Waals surface area contributed by atoms with E-state index in [1.165, 1.54) is 0 Å². The van der Waals surface area contributed by atoms with E-state index in [0.29, 0.717) is 19.8 Å². The standard InChI is InChI=1S/C4H10O3.C2H7NO/c5-1-3-7-4-2-6;3-1-2-4/h5-6H,1-4H2;4H,1-3H2. The van der Waals surface area contributed by atoms with Crippen LogP contribution in [0.3, 0.4) is 0 Å². The lowest BCUT2D eigenvalue weighted by Crippen LogP contribution is -2.03. The lowest BCUT2D eigenvalue weighted by molar-refractivity contribution is 0.0650. The predicted octanol–water partition coefficient (Wildman–Crippen LogP) is -2.07. The Morgan fingerprint density at radius 1 is 0.909 bits per heavy atom. The number of rotatable bonds is 5. The van der Waals surface area contributed by atoms with Crippen LogP contribution in [0.25, 0.3) is 0 Å². The van der Waals surface area contributed by atoms with Gasteiger partial charge >= 0.3 is 0 Å². The molecule has 0 saturated carbocycles. The van der Waals surface area contributed by atoms with E-state index in [9.17, 15) is 0 Å². The molecular weight excluding hydrogens is 150 g/mol. The third-order valence-electron chi connectivity index (χ3n) is 0.600. The number of hydrogen-bond acceptors (Lipinski definition) is 5. The molecule has 0 rings (SSSR count). The first-order chi connectivity index (χ1) is 5.33. The van der Waals surface area contributed by atoms with Gasteiger partial charge in [0.05, 0.1) is 33.0 Å². The first-order valence-corrected chi connectivity index (χ1v) is 3.43. The minimum atomic E-state index is 0.0278. The third-order valence-corrected chi connectivity index (χ3v) is 0.600. The van der Waals surface area contributed by atoms with Crippen molar-refractivity contribution >= 4 is 0 Å². The Kier molecular flexibility index (Phi) is 20.0. The Labute approximate surface area is 66.4 Å². The number of nitrogens with two attached hydrogens (primary N) is 1. The molecule has 0 atom stereocenters. The molecule has 0 aromatic heterocycles. The molecule has 0 aromatic carbocycles. The summed E-state index contributed by atoms with van der Waals surface area (Å²) in [7, 11) is 0. The molecule has 0 aliphatic heterocycles. The molecule has 0 amide bonds. The summed E-state index contributed by atoms with van der Waals surface area (Å²) in [6, 6.07) is 0. The quantitative estimate of drug-likeness (QED) is 0.353. The smallest absolute Gasteiger partial charge is 0.0698 e. The van der Waals surface area contributed by atoms with Crippen LogP contribution in [-0.2, 0) is 4.74 Å². The molecule has 70 valence electrons. The third kappa shape index (κ3) is 25.9. The van der Waals surface area contributed by atoms with Crippen LogP contribution >= 0.6 is 0 Å². The molecule has 0 fully saturated rings. The summed E-state index contributed by atoms with van der Waals surface area (Å²) in [6.45, 7) is 1.17. The molecule has 0 unspecified atom stereocenters. The molecular formula is C6H17NO4. The fourth-order valence-electron chi connectivity index (χ4n) is 0.231. The van der Waals surface area contributed by atoms with Crippen LogP contribution in [0.15, 0.2) is 0 Å². The molecule has 0 radical (unpaired) electrons. The average Bonchev–Trinajstić information content (AvgIpc) is 2.06. The zero-order valence-electron chi connectivity index (χ0n) is 6.57. The van der Waals surface area contributed by atoms with Crippen molar-refractivity contribution in [2.75, 3.05) is 39.6 Å². The first-order valence-electron chi connectivity index (χ1n) is 3.43. The van der Waals surface area contributed by atoms with Crippen molar-refractivity contribution < 1.29 is 20.1 Å². The topological polar surface area (TPSA) is 95.9 Å². The zero-order chi connectivity index (χ0) is 8.95. The van der Waals surface area contributed by atoms with Gasteiger partial charge in [0, 0.05) is 6.54 Å². The van der Waals surface area contributed by atoms with E-state index in [1.807, 2.05) is 0 Å². The van der Waals surface area contributed by atoms with E-state index in [0.717, 1.165) is 0 Å². The fourth-order valence-corrected chi connectivity index (χ4v) is 0.231. The number of aliphatic hydroxyl groups is 3. The van der Waals surface area contributed by atoms with Crippen LogP contribution in [0.4, 0.5) is 0 Å². The van der Waals surface area contributed by atoms with Gasteiger partial charge in [0.2, 0.25) is 0 Å². The summed E-state index contributed by atoms with van der Waals surface area (Å²) in [4.78, 5) is 0. The lowest BCUT2D eigenvalue weighted by Gasteiger charge is -1.94. The van der Waals surface area contributed by atoms with E-state index >= 15 is 0 Å². The van der Waals surface area contributed by atoms with Crippen LogP contribution in [0.2, 0.25) is 0 Å². The van der Waals surface area contributed by atoms with E-state index in [2.05, 4.69) is 4.74 Å². The SMILES string of the molecule is NCCO.OCCOCCO. The second-order valence-corrected chi connectivity index (χ2v) is 1.57. The fraction of sp³-hybridized carbons (Fsp3) is 1.00. The molecule has 5 heteroatoms. The molecule has 0 heterocycles. The summed E-state index contributed by atoms with van der Waals surface area (Å²) >= 11 is 0. The van der Waals surface area contributed by atoms with Crippen LogP contribution in [0.5, 0.6) is 0 Å². The lowest BCUT2D eigenvalue weighted by atomic mass is 10.7. The van der Waals surface area contributed by atoms with Crippen molar-refractivity contribution in [1.82, 2.24) is 0 Å². The van der Waals surface area contributed by atoms with Crippen molar-refractivity contribution in [3.05, 3.63) is 0 Å². The van der Waals surface area contributed by atoms with Gasteiger partial charge in [-0.05, 0) is 0 Å². The Balaban J connectivity index is 0.